The highest BCUT2D eigenvalue weighted by molar-refractivity contribution is 5.94. The number of likely N-dealkylation sites (tertiary alicyclic amines) is 1. The van der Waals surface area contributed by atoms with Gasteiger partial charge >= 0.3 is 6.09 Å². The Hall–Kier alpha value is -3.43. The fourth-order valence-electron chi connectivity index (χ4n) is 4.75. The molecule has 0 unspecified atom stereocenters. The minimum absolute atomic E-state index is 0. The van der Waals surface area contributed by atoms with Crippen molar-refractivity contribution in [3.8, 4) is 5.88 Å². The van der Waals surface area contributed by atoms with Gasteiger partial charge in [-0.1, -0.05) is 12.1 Å². The topological polar surface area (TPSA) is 84.0 Å². The van der Waals surface area contributed by atoms with Crippen molar-refractivity contribution in [2.24, 2.45) is 0 Å². The molecule has 0 radical (unpaired) electrons. The first-order valence-electron chi connectivity index (χ1n) is 13.5. The zero-order valence-electron chi connectivity index (χ0n) is 23.1. The van der Waals surface area contributed by atoms with Crippen LogP contribution in [0.25, 0.3) is 0 Å². The van der Waals surface area contributed by atoms with E-state index >= 15 is 0 Å². The number of anilines is 1. The summed E-state index contributed by atoms with van der Waals surface area (Å²) in [5, 5.41) is 3.03. The Bertz CT molecular complexity index is 1120. The monoisotopic (exact) mass is 546 g/mol. The molecule has 2 aliphatic rings. The van der Waals surface area contributed by atoms with Crippen LogP contribution in [-0.4, -0.2) is 65.8 Å². The highest BCUT2D eigenvalue weighted by Gasteiger charge is 2.28. The van der Waals surface area contributed by atoms with Gasteiger partial charge < -0.3 is 24.6 Å². The van der Waals surface area contributed by atoms with Crippen LogP contribution in [0.15, 0.2) is 42.6 Å². The second-order valence-electron chi connectivity index (χ2n) is 11.3. The number of halogens is 2. The Morgan fingerprint density at radius 3 is 2.13 bits per heavy atom. The number of ether oxygens (including phenoxy) is 2. The van der Waals surface area contributed by atoms with E-state index in [-0.39, 0.29) is 31.1 Å². The normalized spacial score (nSPS) is 17.6. The summed E-state index contributed by atoms with van der Waals surface area (Å²) in [7, 11) is 0. The van der Waals surface area contributed by atoms with Crippen LogP contribution in [0.5, 0.6) is 5.88 Å². The first-order chi connectivity index (χ1) is 18.4. The number of hydrogen-bond acceptors (Lipinski definition) is 6. The van der Waals surface area contributed by atoms with Crippen LogP contribution in [0.3, 0.4) is 0 Å². The van der Waals surface area contributed by atoms with Gasteiger partial charge in [0.15, 0.2) is 0 Å². The maximum atomic E-state index is 13.5. The average molecular weight is 547 g/mol. The molecule has 4 rings (SSSR count). The molecule has 2 aromatic rings. The lowest BCUT2D eigenvalue weighted by molar-refractivity contribution is 0.0172. The van der Waals surface area contributed by atoms with Crippen molar-refractivity contribution in [1.82, 2.24) is 15.2 Å². The predicted octanol–water partition coefficient (Wildman–Crippen LogP) is 5.62. The van der Waals surface area contributed by atoms with Gasteiger partial charge in [0.2, 0.25) is 5.88 Å². The van der Waals surface area contributed by atoms with Crippen molar-refractivity contribution in [2.75, 3.05) is 31.1 Å². The smallest absolute Gasteiger partial charge is 0.410 e. The lowest BCUT2D eigenvalue weighted by Crippen LogP contribution is -2.47. The standard InChI is InChI=1S/C29H38F2N4O4.H2/c1-28(2,3)39-27(37)35-15-11-22(12-16-35)33-26(36)20-5-10-25(32-19-20)38-24-13-17-34(18-14-24)23-8-6-21(7-9-23)29(4,30)31;/h5-10,19,22,24H,11-18H2,1-4H3,(H,33,36);1H. The van der Waals surface area contributed by atoms with Crippen LogP contribution < -0.4 is 15.0 Å². The summed E-state index contributed by atoms with van der Waals surface area (Å²) in [6.45, 7) is 8.98. The number of aromatic nitrogens is 1. The quantitative estimate of drug-likeness (QED) is 0.507. The van der Waals surface area contributed by atoms with Gasteiger partial charge in [-0.3, -0.25) is 4.79 Å². The van der Waals surface area contributed by atoms with Crippen molar-refractivity contribution in [1.29, 1.82) is 0 Å². The molecule has 10 heteroatoms. The second kappa shape index (κ2) is 11.8. The van der Waals surface area contributed by atoms with Gasteiger partial charge in [-0.25, -0.2) is 18.6 Å². The van der Waals surface area contributed by atoms with Crippen molar-refractivity contribution in [2.45, 2.75) is 77.0 Å². The fourth-order valence-corrected chi connectivity index (χ4v) is 4.75. The van der Waals surface area contributed by atoms with E-state index in [0.29, 0.717) is 37.4 Å². The lowest BCUT2D eigenvalue weighted by Gasteiger charge is -2.34. The summed E-state index contributed by atoms with van der Waals surface area (Å²) in [5.74, 6) is -2.58. The molecular weight excluding hydrogens is 506 g/mol. The number of pyridine rings is 1. The Balaban J connectivity index is 0.00000441. The number of rotatable bonds is 6. The van der Waals surface area contributed by atoms with Crippen molar-refractivity contribution in [3.63, 3.8) is 0 Å². The Morgan fingerprint density at radius 2 is 1.59 bits per heavy atom. The molecule has 39 heavy (non-hydrogen) atoms. The third-order valence-corrected chi connectivity index (χ3v) is 6.95. The molecule has 2 saturated heterocycles. The average Bonchev–Trinajstić information content (AvgIpc) is 2.88. The molecule has 0 spiro atoms. The molecule has 2 aliphatic heterocycles. The summed E-state index contributed by atoms with van der Waals surface area (Å²) in [6, 6.07) is 9.82. The molecule has 3 heterocycles. The number of hydrogen-bond donors (Lipinski definition) is 1. The fraction of sp³-hybridized carbons (Fsp3) is 0.552. The summed E-state index contributed by atoms with van der Waals surface area (Å²) < 4.78 is 38.4. The molecule has 1 N–H and O–H groups in total. The van der Waals surface area contributed by atoms with E-state index in [2.05, 4.69) is 15.2 Å². The maximum absolute atomic E-state index is 13.5. The van der Waals surface area contributed by atoms with Crippen LogP contribution in [0.4, 0.5) is 19.3 Å². The van der Waals surface area contributed by atoms with E-state index < -0.39 is 11.5 Å². The van der Waals surface area contributed by atoms with E-state index in [0.717, 1.165) is 38.5 Å². The highest BCUT2D eigenvalue weighted by Crippen LogP contribution is 2.30. The van der Waals surface area contributed by atoms with E-state index in [1.807, 2.05) is 20.8 Å². The number of nitrogens with zero attached hydrogens (tertiary/aromatic N) is 3. The minimum atomic E-state index is -2.84. The molecule has 2 fully saturated rings. The first kappa shape index (κ1) is 28.6. The molecule has 0 aliphatic carbocycles. The van der Waals surface area contributed by atoms with Crippen LogP contribution >= 0.6 is 0 Å². The minimum Gasteiger partial charge on any atom is -0.474 e. The molecule has 1 aromatic carbocycles. The van der Waals surface area contributed by atoms with Crippen LogP contribution in [0, 0.1) is 0 Å². The van der Waals surface area contributed by atoms with E-state index in [4.69, 9.17) is 9.47 Å². The number of amides is 2. The Labute approximate surface area is 230 Å². The molecular formula is C29H40F2N4O4. The lowest BCUT2D eigenvalue weighted by atomic mass is 10.0. The van der Waals surface area contributed by atoms with Crippen molar-refractivity contribution < 1.29 is 29.3 Å². The van der Waals surface area contributed by atoms with Gasteiger partial charge in [0.25, 0.3) is 11.8 Å². The van der Waals surface area contributed by atoms with Gasteiger partial charge in [-0.15, -0.1) is 0 Å². The Kier molecular flexibility index (Phi) is 8.61. The number of nitrogens with one attached hydrogen (secondary N) is 1. The van der Waals surface area contributed by atoms with E-state index in [1.54, 1.807) is 29.2 Å². The zero-order chi connectivity index (χ0) is 28.2. The van der Waals surface area contributed by atoms with Gasteiger partial charge in [0, 0.05) is 76.9 Å². The van der Waals surface area contributed by atoms with Gasteiger partial charge in [0.1, 0.15) is 11.7 Å². The van der Waals surface area contributed by atoms with Gasteiger partial charge in [-0.2, -0.15) is 0 Å². The van der Waals surface area contributed by atoms with Gasteiger partial charge in [-0.05, 0) is 51.8 Å². The molecule has 8 nitrogen and oxygen atoms in total. The van der Waals surface area contributed by atoms with Crippen LogP contribution in [-0.2, 0) is 10.7 Å². The number of benzene rings is 1. The van der Waals surface area contributed by atoms with E-state index in [1.165, 1.54) is 18.3 Å². The molecule has 0 saturated carbocycles. The first-order valence-corrected chi connectivity index (χ1v) is 13.5. The third-order valence-electron chi connectivity index (χ3n) is 6.95. The summed E-state index contributed by atoms with van der Waals surface area (Å²) >= 11 is 0. The number of carbonyl (C=O) groups excluding carboxylic acids is 2. The van der Waals surface area contributed by atoms with Crippen LogP contribution in [0.2, 0.25) is 0 Å². The maximum Gasteiger partial charge on any atom is 0.410 e. The summed E-state index contributed by atoms with van der Waals surface area (Å²) in [6.07, 6.45) is 4.05. The SMILES string of the molecule is CC(C)(C)OC(=O)N1CCC(NC(=O)c2ccc(OC3CCN(c4ccc(C(C)(F)F)cc4)CC3)nc2)CC1.[HH]. The zero-order valence-corrected chi connectivity index (χ0v) is 23.1. The van der Waals surface area contributed by atoms with Gasteiger partial charge in [0.05, 0.1) is 5.56 Å². The summed E-state index contributed by atoms with van der Waals surface area (Å²) in [5.41, 5.74) is 0.850. The molecule has 0 atom stereocenters. The molecule has 2 amide bonds. The highest BCUT2D eigenvalue weighted by atomic mass is 19.3. The number of piperidine rings is 2. The summed E-state index contributed by atoms with van der Waals surface area (Å²) in [4.78, 5) is 33.1. The van der Waals surface area contributed by atoms with Crippen molar-refractivity contribution in [3.05, 3.63) is 53.7 Å². The molecule has 1 aromatic heterocycles. The predicted molar refractivity (Wildman–Crippen MR) is 147 cm³/mol. The third kappa shape index (κ3) is 8.03. The largest absolute Gasteiger partial charge is 0.474 e. The second-order valence-corrected chi connectivity index (χ2v) is 11.3. The number of carbonyl (C=O) groups is 2. The van der Waals surface area contributed by atoms with E-state index in [9.17, 15) is 18.4 Å². The molecule has 214 valence electrons. The van der Waals surface area contributed by atoms with Crippen molar-refractivity contribution >= 4 is 17.7 Å². The Morgan fingerprint density at radius 1 is 0.949 bits per heavy atom. The molecule has 0 bridgehead atoms. The van der Waals surface area contributed by atoms with Crippen LogP contribution in [0.1, 0.15) is 70.7 Å². The number of alkyl halides is 2.